The second-order valence-electron chi connectivity index (χ2n) is 4.08. The average molecular weight is 314 g/mol. The first-order chi connectivity index (χ1) is 9.90. The molecule has 2 aromatic carbocycles. The number of ether oxygens (including phenoxy) is 2. The highest BCUT2D eigenvalue weighted by Crippen LogP contribution is 2.35. The van der Waals surface area contributed by atoms with Crippen molar-refractivity contribution in [1.82, 2.24) is 0 Å². The van der Waals surface area contributed by atoms with E-state index in [4.69, 9.17) is 22.1 Å². The summed E-state index contributed by atoms with van der Waals surface area (Å²) in [5, 5.41) is 0.0140. The van der Waals surface area contributed by atoms with Gasteiger partial charge in [-0.25, -0.2) is 13.6 Å². The first kappa shape index (κ1) is 15.1. The standard InChI is InChI=1S/C14H10ClF2NO3/c1-20-14(19)11-5-9(18)6-12(15)13(11)21-10-3-7(16)2-8(17)4-10/h2-6H,18H2,1H3. The lowest BCUT2D eigenvalue weighted by Crippen LogP contribution is -2.05. The number of hydrogen-bond acceptors (Lipinski definition) is 4. The van der Waals surface area contributed by atoms with E-state index in [1.165, 1.54) is 19.2 Å². The number of anilines is 1. The maximum atomic E-state index is 13.2. The number of carbonyl (C=O) groups excluding carboxylic acids is 1. The fourth-order valence-corrected chi connectivity index (χ4v) is 1.95. The molecular formula is C14H10ClF2NO3. The lowest BCUT2D eigenvalue weighted by atomic mass is 10.1. The molecule has 0 aromatic heterocycles. The second kappa shape index (κ2) is 5.97. The van der Waals surface area contributed by atoms with Crippen molar-refractivity contribution in [2.24, 2.45) is 0 Å². The van der Waals surface area contributed by atoms with Crippen LogP contribution in [0.15, 0.2) is 30.3 Å². The van der Waals surface area contributed by atoms with Crippen LogP contribution in [0.25, 0.3) is 0 Å². The third-order valence-corrected chi connectivity index (χ3v) is 2.81. The quantitative estimate of drug-likeness (QED) is 0.692. The van der Waals surface area contributed by atoms with Gasteiger partial charge in [-0.05, 0) is 12.1 Å². The summed E-state index contributed by atoms with van der Waals surface area (Å²) in [4.78, 5) is 11.7. The van der Waals surface area contributed by atoms with E-state index in [9.17, 15) is 13.6 Å². The molecule has 0 fully saturated rings. The second-order valence-corrected chi connectivity index (χ2v) is 4.49. The number of halogens is 3. The lowest BCUT2D eigenvalue weighted by molar-refractivity contribution is 0.0598. The normalized spacial score (nSPS) is 10.3. The summed E-state index contributed by atoms with van der Waals surface area (Å²) in [7, 11) is 1.17. The first-order valence-electron chi connectivity index (χ1n) is 5.72. The molecule has 0 unspecified atom stereocenters. The minimum Gasteiger partial charge on any atom is -0.465 e. The summed E-state index contributed by atoms with van der Waals surface area (Å²) in [5.74, 6) is -2.63. The summed E-state index contributed by atoms with van der Waals surface area (Å²) in [6, 6.07) is 5.24. The number of methoxy groups -OCH3 is 1. The molecule has 0 saturated carbocycles. The molecule has 2 rings (SSSR count). The van der Waals surface area contributed by atoms with Crippen LogP contribution in [0.2, 0.25) is 5.02 Å². The van der Waals surface area contributed by atoms with E-state index in [-0.39, 0.29) is 27.8 Å². The number of carbonyl (C=O) groups is 1. The molecule has 110 valence electrons. The molecule has 7 heteroatoms. The van der Waals surface area contributed by atoms with Gasteiger partial charge >= 0.3 is 5.97 Å². The maximum Gasteiger partial charge on any atom is 0.341 e. The molecule has 0 amide bonds. The molecule has 0 heterocycles. The molecule has 0 bridgehead atoms. The van der Waals surface area contributed by atoms with Crippen molar-refractivity contribution in [3.05, 3.63) is 52.6 Å². The zero-order chi connectivity index (χ0) is 15.6. The number of rotatable bonds is 3. The average Bonchev–Trinajstić information content (AvgIpc) is 2.39. The van der Waals surface area contributed by atoms with Gasteiger partial charge in [-0.2, -0.15) is 0 Å². The van der Waals surface area contributed by atoms with Crippen LogP contribution in [0.4, 0.5) is 14.5 Å². The van der Waals surface area contributed by atoms with Crippen molar-refractivity contribution in [3.63, 3.8) is 0 Å². The molecule has 2 N–H and O–H groups in total. The molecule has 4 nitrogen and oxygen atoms in total. The van der Waals surface area contributed by atoms with Gasteiger partial charge < -0.3 is 15.2 Å². The van der Waals surface area contributed by atoms with Gasteiger partial charge in [-0.1, -0.05) is 11.6 Å². The van der Waals surface area contributed by atoms with E-state index in [1.54, 1.807) is 0 Å². The number of esters is 1. The molecule has 2 aromatic rings. The van der Waals surface area contributed by atoms with Crippen molar-refractivity contribution < 1.29 is 23.0 Å². The van der Waals surface area contributed by atoms with Crippen molar-refractivity contribution in [2.45, 2.75) is 0 Å². The molecule has 0 atom stereocenters. The molecule has 21 heavy (non-hydrogen) atoms. The summed E-state index contributed by atoms with van der Waals surface area (Å²) in [6.45, 7) is 0. The minimum absolute atomic E-state index is 0.0140. The van der Waals surface area contributed by atoms with Gasteiger partial charge in [0.05, 0.1) is 12.1 Å². The predicted molar refractivity (Wildman–Crippen MR) is 73.6 cm³/mol. The van der Waals surface area contributed by atoms with E-state index >= 15 is 0 Å². The highest BCUT2D eigenvalue weighted by Gasteiger charge is 2.19. The minimum atomic E-state index is -0.823. The summed E-state index contributed by atoms with van der Waals surface area (Å²) in [6.07, 6.45) is 0. The highest BCUT2D eigenvalue weighted by atomic mass is 35.5. The van der Waals surface area contributed by atoms with Crippen LogP contribution < -0.4 is 10.5 Å². The van der Waals surface area contributed by atoms with E-state index in [0.29, 0.717) is 6.07 Å². The molecular weight excluding hydrogens is 304 g/mol. The number of hydrogen-bond donors (Lipinski definition) is 1. The van der Waals surface area contributed by atoms with Crippen LogP contribution in [0.3, 0.4) is 0 Å². The van der Waals surface area contributed by atoms with Crippen LogP contribution in [-0.2, 0) is 4.74 Å². The molecule has 0 spiro atoms. The van der Waals surface area contributed by atoms with Crippen LogP contribution in [0.1, 0.15) is 10.4 Å². The van der Waals surface area contributed by atoms with E-state index in [1.807, 2.05) is 0 Å². The van der Waals surface area contributed by atoms with Crippen molar-refractivity contribution >= 4 is 23.3 Å². The Hall–Kier alpha value is -2.34. The Labute approximate surface area is 124 Å². The monoisotopic (exact) mass is 313 g/mol. The van der Waals surface area contributed by atoms with E-state index in [0.717, 1.165) is 12.1 Å². The van der Waals surface area contributed by atoms with Crippen LogP contribution in [-0.4, -0.2) is 13.1 Å². The topological polar surface area (TPSA) is 61.5 Å². The molecule has 0 aliphatic carbocycles. The SMILES string of the molecule is COC(=O)c1cc(N)cc(Cl)c1Oc1cc(F)cc(F)c1. The molecule has 0 aliphatic heterocycles. The largest absolute Gasteiger partial charge is 0.465 e. The van der Waals surface area contributed by atoms with E-state index < -0.39 is 17.6 Å². The summed E-state index contributed by atoms with van der Waals surface area (Å²) >= 11 is 5.96. The summed E-state index contributed by atoms with van der Waals surface area (Å²) in [5.41, 5.74) is 5.77. The summed E-state index contributed by atoms with van der Waals surface area (Å²) < 4.78 is 36.2. The third-order valence-electron chi connectivity index (χ3n) is 2.53. The third kappa shape index (κ3) is 3.41. The van der Waals surface area contributed by atoms with Gasteiger partial charge in [0.15, 0.2) is 5.75 Å². The molecule has 0 aliphatic rings. The van der Waals surface area contributed by atoms with Gasteiger partial charge in [0.1, 0.15) is 22.9 Å². The number of nitrogen functional groups attached to an aromatic ring is 1. The van der Waals surface area contributed by atoms with E-state index in [2.05, 4.69) is 4.74 Å². The number of benzene rings is 2. The van der Waals surface area contributed by atoms with Gasteiger partial charge in [0, 0.05) is 23.9 Å². The number of nitrogens with two attached hydrogens (primary N) is 1. The van der Waals surface area contributed by atoms with Gasteiger partial charge in [0.2, 0.25) is 0 Å². The maximum absolute atomic E-state index is 13.2. The van der Waals surface area contributed by atoms with Crippen molar-refractivity contribution in [2.75, 3.05) is 12.8 Å². The van der Waals surface area contributed by atoms with Crippen LogP contribution >= 0.6 is 11.6 Å². The fraction of sp³-hybridized carbons (Fsp3) is 0.0714. The molecule has 0 radical (unpaired) electrons. The zero-order valence-electron chi connectivity index (χ0n) is 10.8. The fourth-order valence-electron chi connectivity index (χ4n) is 1.69. The smallest absolute Gasteiger partial charge is 0.341 e. The predicted octanol–water partition coefficient (Wildman–Crippen LogP) is 3.78. The van der Waals surface area contributed by atoms with Crippen LogP contribution in [0.5, 0.6) is 11.5 Å². The Balaban J connectivity index is 2.50. The highest BCUT2D eigenvalue weighted by molar-refractivity contribution is 6.33. The van der Waals surface area contributed by atoms with Gasteiger partial charge in [-0.15, -0.1) is 0 Å². The van der Waals surface area contributed by atoms with Crippen LogP contribution in [0, 0.1) is 11.6 Å². The Morgan fingerprint density at radius 3 is 2.33 bits per heavy atom. The Morgan fingerprint density at radius 2 is 1.76 bits per heavy atom. The van der Waals surface area contributed by atoms with Gasteiger partial charge in [0.25, 0.3) is 0 Å². The Bertz CT molecular complexity index is 687. The Kier molecular flexibility index (Phi) is 4.28. The Morgan fingerprint density at radius 1 is 1.14 bits per heavy atom. The van der Waals surface area contributed by atoms with Crippen molar-refractivity contribution in [3.8, 4) is 11.5 Å². The molecule has 0 saturated heterocycles. The first-order valence-corrected chi connectivity index (χ1v) is 6.10. The van der Waals surface area contributed by atoms with Crippen molar-refractivity contribution in [1.29, 1.82) is 0 Å². The van der Waals surface area contributed by atoms with Gasteiger partial charge in [-0.3, -0.25) is 0 Å². The lowest BCUT2D eigenvalue weighted by Gasteiger charge is -2.12. The zero-order valence-corrected chi connectivity index (χ0v) is 11.6.